The molecule has 2 heterocycles. The first-order valence-corrected chi connectivity index (χ1v) is 10.3. The van der Waals surface area contributed by atoms with Gasteiger partial charge < -0.3 is 10.2 Å². The van der Waals surface area contributed by atoms with E-state index in [-0.39, 0.29) is 23.9 Å². The van der Waals surface area contributed by atoms with Crippen LogP contribution in [-0.4, -0.2) is 49.8 Å². The second-order valence-electron chi connectivity index (χ2n) is 6.54. The fourth-order valence-corrected chi connectivity index (χ4v) is 4.85. The van der Waals surface area contributed by atoms with Crippen molar-refractivity contribution < 1.29 is 13.2 Å². The molecule has 1 amide bonds. The van der Waals surface area contributed by atoms with Crippen LogP contribution in [0.1, 0.15) is 18.1 Å². The van der Waals surface area contributed by atoms with Crippen LogP contribution in [0.25, 0.3) is 0 Å². The molecule has 1 aliphatic rings. The molecule has 1 aromatic heterocycles. The van der Waals surface area contributed by atoms with E-state index in [4.69, 9.17) is 0 Å². The molecule has 1 aliphatic heterocycles. The van der Waals surface area contributed by atoms with Crippen molar-refractivity contribution in [1.29, 1.82) is 5.26 Å². The van der Waals surface area contributed by atoms with E-state index < -0.39 is 10.0 Å². The molecule has 1 N–H and O–H groups in total. The number of nitrogens with zero attached hydrogens (tertiary/aromatic N) is 4. The van der Waals surface area contributed by atoms with Gasteiger partial charge in [0.25, 0.3) is 0 Å². The Balaban J connectivity index is 1.80. The number of amides is 1. The van der Waals surface area contributed by atoms with Crippen molar-refractivity contribution in [2.45, 2.75) is 18.7 Å². The summed E-state index contributed by atoms with van der Waals surface area (Å²) in [6.07, 6.45) is 1.62. The van der Waals surface area contributed by atoms with Gasteiger partial charge in [0.05, 0.1) is 10.5 Å². The highest BCUT2D eigenvalue weighted by atomic mass is 32.2. The van der Waals surface area contributed by atoms with Crippen LogP contribution in [0.2, 0.25) is 0 Å². The van der Waals surface area contributed by atoms with Gasteiger partial charge in [-0.1, -0.05) is 6.07 Å². The molecule has 146 valence electrons. The maximum atomic E-state index is 13.1. The molecule has 9 heteroatoms. The third-order valence-electron chi connectivity index (χ3n) is 4.57. The molecule has 0 spiro atoms. The number of rotatable bonds is 4. The van der Waals surface area contributed by atoms with Crippen molar-refractivity contribution in [2.24, 2.45) is 0 Å². The maximum Gasteiger partial charge on any atom is 0.243 e. The van der Waals surface area contributed by atoms with Gasteiger partial charge in [-0.2, -0.15) is 9.57 Å². The number of nitrogens with one attached hydrogen (secondary N) is 1. The van der Waals surface area contributed by atoms with Gasteiger partial charge in [0.15, 0.2) is 0 Å². The molecule has 1 saturated heterocycles. The van der Waals surface area contributed by atoms with Crippen LogP contribution in [-0.2, 0) is 14.8 Å². The van der Waals surface area contributed by atoms with Gasteiger partial charge in [0, 0.05) is 45.0 Å². The van der Waals surface area contributed by atoms with Crippen molar-refractivity contribution in [2.75, 3.05) is 36.4 Å². The number of hydrogen-bond acceptors (Lipinski definition) is 6. The number of anilines is 2. The zero-order valence-electron chi connectivity index (χ0n) is 15.7. The van der Waals surface area contributed by atoms with E-state index in [0.29, 0.717) is 35.7 Å². The SMILES string of the molecule is CC(=O)Nc1ccc(C)c(S(=O)(=O)N2CCN(c3ncccc3C#N)CC2)c1. The number of carbonyl (C=O) groups is 1. The van der Waals surface area contributed by atoms with E-state index in [1.165, 1.54) is 17.3 Å². The van der Waals surface area contributed by atoms with Gasteiger partial charge in [-0.15, -0.1) is 0 Å². The quantitative estimate of drug-likeness (QED) is 0.839. The summed E-state index contributed by atoms with van der Waals surface area (Å²) in [7, 11) is -3.70. The first kappa shape index (κ1) is 19.8. The minimum absolute atomic E-state index is 0.183. The predicted octanol–water partition coefficient (Wildman–Crippen LogP) is 1.73. The summed E-state index contributed by atoms with van der Waals surface area (Å²) in [4.78, 5) is 17.7. The number of piperazine rings is 1. The van der Waals surface area contributed by atoms with Crippen LogP contribution in [0, 0.1) is 18.3 Å². The van der Waals surface area contributed by atoms with Crippen molar-refractivity contribution in [3.05, 3.63) is 47.7 Å². The van der Waals surface area contributed by atoms with Gasteiger partial charge in [-0.25, -0.2) is 13.4 Å². The number of sulfonamides is 1. The first-order valence-electron chi connectivity index (χ1n) is 8.81. The standard InChI is InChI=1S/C19H21N5O3S/c1-14-5-6-17(22-15(2)25)12-18(14)28(26,27)24-10-8-23(9-11-24)19-16(13-20)4-3-7-21-19/h3-7,12H,8-11H2,1-2H3,(H,22,25). The molecule has 8 nitrogen and oxygen atoms in total. The number of hydrogen-bond donors (Lipinski definition) is 1. The monoisotopic (exact) mass is 399 g/mol. The number of aryl methyl sites for hydroxylation is 1. The van der Waals surface area contributed by atoms with E-state index >= 15 is 0 Å². The van der Waals surface area contributed by atoms with Gasteiger partial charge >= 0.3 is 0 Å². The Morgan fingerprint density at radius 3 is 2.57 bits per heavy atom. The minimum atomic E-state index is -3.70. The lowest BCUT2D eigenvalue weighted by Crippen LogP contribution is -2.49. The molecule has 0 aliphatic carbocycles. The zero-order valence-corrected chi connectivity index (χ0v) is 16.5. The normalized spacial score (nSPS) is 15.1. The summed E-state index contributed by atoms with van der Waals surface area (Å²) in [6, 6.07) is 10.4. The first-order chi connectivity index (χ1) is 13.3. The molecule has 3 rings (SSSR count). The maximum absolute atomic E-state index is 13.1. The number of pyridine rings is 1. The molecule has 0 saturated carbocycles. The van der Waals surface area contributed by atoms with E-state index in [1.807, 2.05) is 4.90 Å². The summed E-state index contributed by atoms with van der Waals surface area (Å²) < 4.78 is 27.7. The third kappa shape index (κ3) is 3.98. The fraction of sp³-hybridized carbons (Fsp3) is 0.316. The van der Waals surface area contributed by atoms with Crippen LogP contribution >= 0.6 is 0 Å². The number of aromatic nitrogens is 1. The van der Waals surface area contributed by atoms with E-state index in [2.05, 4.69) is 16.4 Å². The molecule has 1 fully saturated rings. The molecule has 28 heavy (non-hydrogen) atoms. The van der Waals surface area contributed by atoms with Crippen LogP contribution in [0.15, 0.2) is 41.4 Å². The Bertz CT molecular complexity index is 1040. The fourth-order valence-electron chi connectivity index (χ4n) is 3.17. The second kappa shape index (κ2) is 7.96. The highest BCUT2D eigenvalue weighted by Gasteiger charge is 2.30. The lowest BCUT2D eigenvalue weighted by Gasteiger charge is -2.35. The van der Waals surface area contributed by atoms with Crippen LogP contribution in [0.3, 0.4) is 0 Å². The summed E-state index contributed by atoms with van der Waals surface area (Å²) >= 11 is 0. The largest absolute Gasteiger partial charge is 0.353 e. The lowest BCUT2D eigenvalue weighted by atomic mass is 10.2. The van der Waals surface area contributed by atoms with Crippen molar-refractivity contribution in [1.82, 2.24) is 9.29 Å². The predicted molar refractivity (Wildman–Crippen MR) is 105 cm³/mol. The summed E-state index contributed by atoms with van der Waals surface area (Å²) in [5.74, 6) is 0.315. The molecule has 0 atom stereocenters. The van der Waals surface area contributed by atoms with Crippen LogP contribution in [0.5, 0.6) is 0 Å². The molecule has 2 aromatic rings. The summed E-state index contributed by atoms with van der Waals surface area (Å²) in [5, 5.41) is 11.9. The average Bonchev–Trinajstić information content (AvgIpc) is 2.69. The van der Waals surface area contributed by atoms with E-state index in [1.54, 1.807) is 37.4 Å². The van der Waals surface area contributed by atoms with Crippen molar-refractivity contribution in [3.63, 3.8) is 0 Å². The Morgan fingerprint density at radius 2 is 1.93 bits per heavy atom. The van der Waals surface area contributed by atoms with Gasteiger partial charge in [-0.05, 0) is 36.8 Å². The molecule has 1 aromatic carbocycles. The number of benzene rings is 1. The molecular weight excluding hydrogens is 378 g/mol. The van der Waals surface area contributed by atoms with Gasteiger partial charge in [-0.3, -0.25) is 4.79 Å². The van der Waals surface area contributed by atoms with Crippen LogP contribution < -0.4 is 10.2 Å². The number of nitriles is 1. The second-order valence-corrected chi connectivity index (χ2v) is 8.45. The summed E-state index contributed by atoms with van der Waals surface area (Å²) in [6.45, 7) is 4.56. The van der Waals surface area contributed by atoms with Gasteiger partial charge in [0.2, 0.25) is 15.9 Å². The molecule has 0 unspecified atom stereocenters. The smallest absolute Gasteiger partial charge is 0.243 e. The average molecular weight is 399 g/mol. The minimum Gasteiger partial charge on any atom is -0.353 e. The molecule has 0 bridgehead atoms. The topological polar surface area (TPSA) is 106 Å². The van der Waals surface area contributed by atoms with E-state index in [0.717, 1.165) is 0 Å². The highest BCUT2D eigenvalue weighted by molar-refractivity contribution is 7.89. The molecule has 0 radical (unpaired) electrons. The third-order valence-corrected chi connectivity index (χ3v) is 6.61. The Kier molecular flexibility index (Phi) is 5.63. The summed E-state index contributed by atoms with van der Waals surface area (Å²) in [5.41, 5.74) is 1.54. The lowest BCUT2D eigenvalue weighted by molar-refractivity contribution is -0.114. The van der Waals surface area contributed by atoms with E-state index in [9.17, 15) is 18.5 Å². The Morgan fingerprint density at radius 1 is 1.21 bits per heavy atom. The Hall–Kier alpha value is -2.96. The molecular formula is C19H21N5O3S. The Labute approximate surface area is 164 Å². The zero-order chi connectivity index (χ0) is 20.3. The highest BCUT2D eigenvalue weighted by Crippen LogP contribution is 2.26. The number of carbonyl (C=O) groups excluding carboxylic acids is 1. The van der Waals surface area contributed by atoms with Crippen molar-refractivity contribution >= 4 is 27.4 Å². The van der Waals surface area contributed by atoms with Gasteiger partial charge in [0.1, 0.15) is 11.9 Å². The van der Waals surface area contributed by atoms with Crippen LogP contribution in [0.4, 0.5) is 11.5 Å². The van der Waals surface area contributed by atoms with Crippen molar-refractivity contribution in [3.8, 4) is 6.07 Å².